The normalized spacial score (nSPS) is 16.5. The van der Waals surface area contributed by atoms with Crippen LogP contribution in [0.1, 0.15) is 45.0 Å². The van der Waals surface area contributed by atoms with E-state index in [9.17, 15) is 0 Å². The number of aromatic nitrogens is 2. The maximum absolute atomic E-state index is 4.63. The first-order valence-electron chi connectivity index (χ1n) is 7.31. The van der Waals surface area contributed by atoms with Crippen molar-refractivity contribution in [3.63, 3.8) is 0 Å². The van der Waals surface area contributed by atoms with Gasteiger partial charge in [-0.15, -0.1) is 0 Å². The zero-order valence-electron chi connectivity index (χ0n) is 12.8. The number of nitrogens with zero attached hydrogens (tertiary/aromatic N) is 2. The molecule has 1 aliphatic carbocycles. The highest BCUT2D eigenvalue weighted by molar-refractivity contribution is 5.57. The monoisotopic (exact) mass is 262 g/mol. The minimum Gasteiger partial charge on any atom is -0.373 e. The van der Waals surface area contributed by atoms with Gasteiger partial charge < -0.3 is 10.6 Å². The van der Waals surface area contributed by atoms with Crippen LogP contribution in [0.25, 0.3) is 0 Å². The van der Waals surface area contributed by atoms with Gasteiger partial charge in [-0.05, 0) is 31.1 Å². The van der Waals surface area contributed by atoms with Gasteiger partial charge in [-0.1, -0.05) is 20.8 Å². The van der Waals surface area contributed by atoms with Gasteiger partial charge in [-0.25, -0.2) is 9.97 Å². The number of hydrogen-bond donors (Lipinski definition) is 2. The molecule has 0 saturated heterocycles. The minimum absolute atomic E-state index is 0.490. The van der Waals surface area contributed by atoms with E-state index in [1.807, 2.05) is 7.05 Å². The van der Waals surface area contributed by atoms with Crippen molar-refractivity contribution >= 4 is 11.6 Å². The van der Waals surface area contributed by atoms with Crippen LogP contribution in [0.2, 0.25) is 0 Å². The van der Waals surface area contributed by atoms with Crippen molar-refractivity contribution < 1.29 is 0 Å². The highest BCUT2D eigenvalue weighted by Crippen LogP contribution is 2.51. The van der Waals surface area contributed by atoms with E-state index in [1.165, 1.54) is 12.8 Å². The van der Waals surface area contributed by atoms with E-state index in [1.54, 1.807) is 0 Å². The fourth-order valence-electron chi connectivity index (χ4n) is 2.52. The molecular weight excluding hydrogens is 236 g/mol. The molecule has 0 amide bonds. The second-order valence-corrected chi connectivity index (χ2v) is 5.94. The lowest BCUT2D eigenvalue weighted by atomic mass is 9.92. The summed E-state index contributed by atoms with van der Waals surface area (Å²) >= 11 is 0. The molecule has 1 heterocycles. The molecule has 1 aliphatic rings. The summed E-state index contributed by atoms with van der Waals surface area (Å²) in [6.45, 7) is 9.82. The van der Waals surface area contributed by atoms with Gasteiger partial charge in [-0.2, -0.15) is 0 Å². The summed E-state index contributed by atoms with van der Waals surface area (Å²) in [7, 11) is 1.91. The lowest BCUT2D eigenvalue weighted by Gasteiger charge is -2.21. The van der Waals surface area contributed by atoms with Crippen LogP contribution in [-0.4, -0.2) is 23.6 Å². The summed E-state index contributed by atoms with van der Waals surface area (Å²) < 4.78 is 0. The molecule has 0 bridgehead atoms. The topological polar surface area (TPSA) is 49.8 Å². The third-order valence-electron chi connectivity index (χ3n) is 4.47. The van der Waals surface area contributed by atoms with Crippen LogP contribution in [-0.2, 0) is 6.42 Å². The van der Waals surface area contributed by atoms with Crippen molar-refractivity contribution in [1.29, 1.82) is 0 Å². The highest BCUT2D eigenvalue weighted by atomic mass is 15.1. The Morgan fingerprint density at radius 1 is 1.21 bits per heavy atom. The standard InChI is InChI=1S/C15H26N4/c1-6-12-18-13(16-5)11(4)14(19-12)17-9-15(7-8-15)10(2)3/h10H,6-9H2,1-5H3,(H2,16,17,18,19). The molecule has 1 fully saturated rings. The predicted octanol–water partition coefficient (Wildman–Crippen LogP) is 3.24. The average Bonchev–Trinajstić information content (AvgIpc) is 3.19. The van der Waals surface area contributed by atoms with Crippen molar-refractivity contribution in [2.24, 2.45) is 11.3 Å². The van der Waals surface area contributed by atoms with Gasteiger partial charge in [-0.3, -0.25) is 0 Å². The molecule has 2 rings (SSSR count). The Morgan fingerprint density at radius 2 is 1.84 bits per heavy atom. The summed E-state index contributed by atoms with van der Waals surface area (Å²) in [5, 5.41) is 6.71. The molecule has 0 atom stereocenters. The predicted molar refractivity (Wildman–Crippen MR) is 80.7 cm³/mol. The molecule has 106 valence electrons. The number of nitrogens with one attached hydrogen (secondary N) is 2. The summed E-state index contributed by atoms with van der Waals surface area (Å²) in [5.41, 5.74) is 1.60. The van der Waals surface area contributed by atoms with E-state index < -0.39 is 0 Å². The first-order valence-corrected chi connectivity index (χ1v) is 7.31. The van der Waals surface area contributed by atoms with Crippen LogP contribution in [0.15, 0.2) is 0 Å². The quantitative estimate of drug-likeness (QED) is 0.826. The van der Waals surface area contributed by atoms with Gasteiger partial charge in [0.05, 0.1) is 0 Å². The lowest BCUT2D eigenvalue weighted by Crippen LogP contribution is -2.22. The van der Waals surface area contributed by atoms with Gasteiger partial charge in [0.2, 0.25) is 0 Å². The summed E-state index contributed by atoms with van der Waals surface area (Å²) in [6, 6.07) is 0. The molecule has 4 nitrogen and oxygen atoms in total. The van der Waals surface area contributed by atoms with Crippen LogP contribution < -0.4 is 10.6 Å². The van der Waals surface area contributed by atoms with Gasteiger partial charge in [0.25, 0.3) is 0 Å². The molecule has 0 aliphatic heterocycles. The van der Waals surface area contributed by atoms with Crippen molar-refractivity contribution in [1.82, 2.24) is 9.97 Å². The second-order valence-electron chi connectivity index (χ2n) is 5.94. The Kier molecular flexibility index (Phi) is 3.97. The first kappa shape index (κ1) is 14.1. The smallest absolute Gasteiger partial charge is 0.134 e. The molecule has 1 aromatic rings. The van der Waals surface area contributed by atoms with Crippen molar-refractivity contribution in [3.05, 3.63) is 11.4 Å². The van der Waals surface area contributed by atoms with Crippen LogP contribution >= 0.6 is 0 Å². The van der Waals surface area contributed by atoms with E-state index in [-0.39, 0.29) is 0 Å². The van der Waals surface area contributed by atoms with E-state index in [0.717, 1.165) is 41.9 Å². The maximum Gasteiger partial charge on any atom is 0.134 e. The average molecular weight is 262 g/mol. The fraction of sp³-hybridized carbons (Fsp3) is 0.733. The molecule has 1 aromatic heterocycles. The Labute approximate surface area is 116 Å². The fourth-order valence-corrected chi connectivity index (χ4v) is 2.52. The van der Waals surface area contributed by atoms with Crippen LogP contribution in [0.3, 0.4) is 0 Å². The van der Waals surface area contributed by atoms with Gasteiger partial charge >= 0.3 is 0 Å². The maximum atomic E-state index is 4.63. The number of anilines is 2. The molecule has 4 heteroatoms. The van der Waals surface area contributed by atoms with Crippen LogP contribution in [0.4, 0.5) is 11.6 Å². The zero-order chi connectivity index (χ0) is 14.0. The number of hydrogen-bond acceptors (Lipinski definition) is 4. The van der Waals surface area contributed by atoms with E-state index >= 15 is 0 Å². The molecule has 19 heavy (non-hydrogen) atoms. The number of aryl methyl sites for hydroxylation is 1. The molecule has 2 N–H and O–H groups in total. The van der Waals surface area contributed by atoms with Crippen molar-refractivity contribution in [2.75, 3.05) is 24.2 Å². The summed E-state index contributed by atoms with van der Waals surface area (Å²) in [6.07, 6.45) is 3.53. The molecule has 0 aromatic carbocycles. The molecule has 0 spiro atoms. The Morgan fingerprint density at radius 3 is 2.32 bits per heavy atom. The zero-order valence-corrected chi connectivity index (χ0v) is 12.8. The SMILES string of the molecule is CCc1nc(NC)c(C)c(NCC2(C(C)C)CC2)n1. The van der Waals surface area contributed by atoms with Crippen LogP contribution in [0.5, 0.6) is 0 Å². The van der Waals surface area contributed by atoms with Crippen molar-refractivity contribution in [3.8, 4) is 0 Å². The number of rotatable bonds is 6. The molecule has 1 saturated carbocycles. The van der Waals surface area contributed by atoms with Gasteiger partial charge in [0, 0.05) is 25.6 Å². The molecular formula is C15H26N4. The van der Waals surface area contributed by atoms with E-state index in [2.05, 4.69) is 48.3 Å². The first-order chi connectivity index (χ1) is 9.02. The van der Waals surface area contributed by atoms with Crippen LogP contribution in [0, 0.1) is 18.3 Å². The minimum atomic E-state index is 0.490. The second kappa shape index (κ2) is 5.35. The van der Waals surface area contributed by atoms with E-state index in [0.29, 0.717) is 5.41 Å². The third-order valence-corrected chi connectivity index (χ3v) is 4.47. The summed E-state index contributed by atoms with van der Waals surface area (Å²) in [5.74, 6) is 3.55. The van der Waals surface area contributed by atoms with Gasteiger partial charge in [0.15, 0.2) is 0 Å². The van der Waals surface area contributed by atoms with Gasteiger partial charge in [0.1, 0.15) is 17.5 Å². The molecule has 0 radical (unpaired) electrons. The third kappa shape index (κ3) is 2.82. The largest absolute Gasteiger partial charge is 0.373 e. The Bertz CT molecular complexity index is 450. The summed E-state index contributed by atoms with van der Waals surface area (Å²) in [4.78, 5) is 9.13. The van der Waals surface area contributed by atoms with Crippen molar-refractivity contribution in [2.45, 2.75) is 47.0 Å². The highest BCUT2D eigenvalue weighted by Gasteiger charge is 2.45. The molecule has 0 unspecified atom stereocenters. The van der Waals surface area contributed by atoms with E-state index in [4.69, 9.17) is 0 Å². The lowest BCUT2D eigenvalue weighted by molar-refractivity contribution is 0.379. The Hall–Kier alpha value is -1.32. The Balaban J connectivity index is 2.15.